The van der Waals surface area contributed by atoms with Crippen molar-refractivity contribution in [2.24, 2.45) is 0 Å². The predicted molar refractivity (Wildman–Crippen MR) is 26.3 cm³/mol. The SMILES string of the molecule is [CH2]COC=CCl. The molecule has 2 heteroatoms. The smallest absolute Gasteiger partial charge is 0.0941 e. The van der Waals surface area contributed by atoms with Gasteiger partial charge in [0.2, 0.25) is 0 Å². The summed E-state index contributed by atoms with van der Waals surface area (Å²) < 4.78 is 4.56. The van der Waals surface area contributed by atoms with Crippen LogP contribution in [0.3, 0.4) is 0 Å². The molecule has 1 radical (unpaired) electrons. The van der Waals surface area contributed by atoms with Crippen LogP contribution in [0.15, 0.2) is 11.8 Å². The first-order valence-corrected chi connectivity index (χ1v) is 2.01. The van der Waals surface area contributed by atoms with Gasteiger partial charge in [-0.25, -0.2) is 0 Å². The van der Waals surface area contributed by atoms with E-state index in [2.05, 4.69) is 11.7 Å². The molecule has 0 saturated heterocycles. The zero-order valence-electron chi connectivity index (χ0n) is 3.36. The largest absolute Gasteiger partial charge is 0.500 e. The monoisotopic (exact) mass is 105 g/mol. The van der Waals surface area contributed by atoms with Gasteiger partial charge < -0.3 is 4.74 Å². The molecular formula is C4H6ClO. The molecule has 0 aromatic heterocycles. The molecular weight excluding hydrogens is 99.5 g/mol. The highest BCUT2D eigenvalue weighted by Crippen LogP contribution is 1.77. The van der Waals surface area contributed by atoms with Gasteiger partial charge in [0.25, 0.3) is 0 Å². The lowest BCUT2D eigenvalue weighted by molar-refractivity contribution is 0.288. The fraction of sp³-hybridized carbons (Fsp3) is 0.250. The standard InChI is InChI=1S/C4H6ClO/c1-2-6-4-3-5/h3-4H,1-2H2. The summed E-state index contributed by atoms with van der Waals surface area (Å²) in [6.07, 6.45) is 1.38. The van der Waals surface area contributed by atoms with Gasteiger partial charge in [0.1, 0.15) is 0 Å². The molecule has 0 fully saturated rings. The molecule has 0 aliphatic carbocycles. The normalized spacial score (nSPS) is 9.67. The Labute approximate surface area is 42.6 Å². The minimum Gasteiger partial charge on any atom is -0.500 e. The first kappa shape index (κ1) is 5.83. The number of hydrogen-bond acceptors (Lipinski definition) is 1. The Morgan fingerprint density at radius 3 is 2.67 bits per heavy atom. The van der Waals surface area contributed by atoms with Gasteiger partial charge in [-0.3, -0.25) is 0 Å². The molecule has 0 saturated carbocycles. The van der Waals surface area contributed by atoms with E-state index in [0.717, 1.165) is 0 Å². The van der Waals surface area contributed by atoms with E-state index in [1.807, 2.05) is 0 Å². The summed E-state index contributed by atoms with van der Waals surface area (Å²) in [5, 5.41) is 0. The predicted octanol–water partition coefficient (Wildman–Crippen LogP) is 1.55. The summed E-state index contributed by atoms with van der Waals surface area (Å²) >= 11 is 5.05. The minimum absolute atomic E-state index is 0.434. The topological polar surface area (TPSA) is 9.23 Å². The molecule has 0 heterocycles. The Balaban J connectivity index is 2.66. The average molecular weight is 106 g/mol. The van der Waals surface area contributed by atoms with Gasteiger partial charge in [-0.1, -0.05) is 11.6 Å². The zero-order chi connectivity index (χ0) is 4.83. The van der Waals surface area contributed by atoms with Crippen LogP contribution in [-0.2, 0) is 4.74 Å². The lowest BCUT2D eigenvalue weighted by Gasteiger charge is -1.85. The van der Waals surface area contributed by atoms with Gasteiger partial charge in [-0.05, 0) is 6.92 Å². The highest BCUT2D eigenvalue weighted by molar-refractivity contribution is 6.25. The number of halogens is 1. The van der Waals surface area contributed by atoms with E-state index >= 15 is 0 Å². The first-order valence-electron chi connectivity index (χ1n) is 1.58. The van der Waals surface area contributed by atoms with E-state index in [9.17, 15) is 0 Å². The van der Waals surface area contributed by atoms with Gasteiger partial charge in [0.05, 0.1) is 12.9 Å². The van der Waals surface area contributed by atoms with Crippen molar-refractivity contribution in [2.45, 2.75) is 0 Å². The third-order valence-corrected chi connectivity index (χ3v) is 0.368. The second-order valence-electron chi connectivity index (χ2n) is 0.633. The summed E-state index contributed by atoms with van der Waals surface area (Å²) in [7, 11) is 0. The van der Waals surface area contributed by atoms with Crippen molar-refractivity contribution in [3.63, 3.8) is 0 Å². The second kappa shape index (κ2) is 4.83. The maximum absolute atomic E-state index is 5.05. The first-order chi connectivity index (χ1) is 2.91. The van der Waals surface area contributed by atoms with E-state index in [0.29, 0.717) is 6.61 Å². The van der Waals surface area contributed by atoms with Crippen LogP contribution in [0, 0.1) is 6.92 Å². The van der Waals surface area contributed by atoms with E-state index in [1.54, 1.807) is 0 Å². The maximum atomic E-state index is 5.05. The molecule has 0 aromatic carbocycles. The lowest BCUT2D eigenvalue weighted by atomic mass is 10.9. The van der Waals surface area contributed by atoms with Crippen LogP contribution in [0.1, 0.15) is 0 Å². The maximum Gasteiger partial charge on any atom is 0.0941 e. The van der Waals surface area contributed by atoms with Crippen LogP contribution in [0.25, 0.3) is 0 Å². The fourth-order valence-corrected chi connectivity index (χ4v) is 0.177. The van der Waals surface area contributed by atoms with E-state index in [-0.39, 0.29) is 0 Å². The van der Waals surface area contributed by atoms with Crippen molar-refractivity contribution in [1.29, 1.82) is 0 Å². The van der Waals surface area contributed by atoms with Gasteiger partial charge in [-0.15, -0.1) is 0 Å². The van der Waals surface area contributed by atoms with Crippen molar-refractivity contribution >= 4 is 11.6 Å². The van der Waals surface area contributed by atoms with Gasteiger partial charge >= 0.3 is 0 Å². The van der Waals surface area contributed by atoms with Crippen LogP contribution in [0.2, 0.25) is 0 Å². The third-order valence-electron chi connectivity index (χ3n) is 0.266. The summed E-state index contributed by atoms with van der Waals surface area (Å²) in [6, 6.07) is 0. The van der Waals surface area contributed by atoms with Crippen molar-refractivity contribution in [3.8, 4) is 0 Å². The van der Waals surface area contributed by atoms with Crippen LogP contribution >= 0.6 is 11.6 Å². The highest BCUT2D eigenvalue weighted by atomic mass is 35.5. The second-order valence-corrected chi connectivity index (χ2v) is 0.885. The Bertz CT molecular complexity index is 42.8. The molecule has 0 atom stereocenters. The molecule has 0 rings (SSSR count). The highest BCUT2D eigenvalue weighted by Gasteiger charge is 1.61. The zero-order valence-corrected chi connectivity index (χ0v) is 4.11. The van der Waals surface area contributed by atoms with Crippen molar-refractivity contribution < 1.29 is 4.74 Å². The Hall–Kier alpha value is -0.170. The Morgan fingerprint density at radius 2 is 2.50 bits per heavy atom. The molecule has 0 unspecified atom stereocenters. The number of hydrogen-bond donors (Lipinski definition) is 0. The number of ether oxygens (including phenoxy) is 1. The van der Waals surface area contributed by atoms with Gasteiger partial charge in [0, 0.05) is 5.54 Å². The third kappa shape index (κ3) is 3.83. The van der Waals surface area contributed by atoms with Crippen molar-refractivity contribution in [3.05, 3.63) is 18.7 Å². The summed E-state index contributed by atoms with van der Waals surface area (Å²) in [6.45, 7) is 3.82. The Kier molecular flexibility index (Phi) is 4.69. The molecule has 0 bridgehead atoms. The van der Waals surface area contributed by atoms with Crippen LogP contribution < -0.4 is 0 Å². The lowest BCUT2D eigenvalue weighted by Crippen LogP contribution is -1.73. The molecule has 6 heavy (non-hydrogen) atoms. The summed E-state index contributed by atoms with van der Waals surface area (Å²) in [5.74, 6) is 0. The quantitative estimate of drug-likeness (QED) is 0.484. The van der Waals surface area contributed by atoms with Crippen LogP contribution in [0.4, 0.5) is 0 Å². The summed E-state index contributed by atoms with van der Waals surface area (Å²) in [4.78, 5) is 0. The molecule has 0 aliphatic rings. The molecule has 0 N–H and O–H groups in total. The molecule has 0 spiro atoms. The average Bonchev–Trinajstić information content (AvgIpc) is 1.61. The number of rotatable bonds is 2. The molecule has 35 valence electrons. The van der Waals surface area contributed by atoms with Gasteiger partial charge in [-0.2, -0.15) is 0 Å². The van der Waals surface area contributed by atoms with E-state index in [1.165, 1.54) is 11.8 Å². The molecule has 0 amide bonds. The minimum atomic E-state index is 0.434. The summed E-state index contributed by atoms with van der Waals surface area (Å²) in [5.41, 5.74) is 1.30. The van der Waals surface area contributed by atoms with Crippen molar-refractivity contribution in [2.75, 3.05) is 6.61 Å². The van der Waals surface area contributed by atoms with Crippen LogP contribution in [-0.4, -0.2) is 6.61 Å². The molecule has 0 aromatic rings. The van der Waals surface area contributed by atoms with Gasteiger partial charge in [0.15, 0.2) is 0 Å². The van der Waals surface area contributed by atoms with Crippen molar-refractivity contribution in [1.82, 2.24) is 0 Å². The fourth-order valence-electron chi connectivity index (χ4n) is 0.104. The molecule has 1 nitrogen and oxygen atoms in total. The van der Waals surface area contributed by atoms with E-state index in [4.69, 9.17) is 11.6 Å². The van der Waals surface area contributed by atoms with E-state index < -0.39 is 0 Å². The Morgan fingerprint density at radius 1 is 1.83 bits per heavy atom. The van der Waals surface area contributed by atoms with Crippen LogP contribution in [0.5, 0.6) is 0 Å². The molecule has 0 aliphatic heterocycles.